The molecule has 7 aromatic carbocycles. The number of benzene rings is 7. The summed E-state index contributed by atoms with van der Waals surface area (Å²) in [5, 5.41) is 2.51. The molecule has 0 saturated carbocycles. The molecule has 41 heavy (non-hydrogen) atoms. The number of anilines is 3. The lowest BCUT2D eigenvalue weighted by Gasteiger charge is -2.26. The molecule has 0 amide bonds. The largest absolute Gasteiger partial charge is 0.310 e. The van der Waals surface area contributed by atoms with Gasteiger partial charge in [0.1, 0.15) is 0 Å². The monoisotopic (exact) mass is 523 g/mol. The van der Waals surface area contributed by atoms with Gasteiger partial charge in [0.15, 0.2) is 0 Å². The van der Waals surface area contributed by atoms with Crippen molar-refractivity contribution in [2.45, 2.75) is 0 Å². The summed E-state index contributed by atoms with van der Waals surface area (Å²) in [7, 11) is 0. The zero-order valence-corrected chi connectivity index (χ0v) is 22.7. The van der Waals surface area contributed by atoms with Gasteiger partial charge in [0.25, 0.3) is 0 Å². The van der Waals surface area contributed by atoms with E-state index in [1.165, 1.54) is 44.2 Å². The molecule has 0 heterocycles. The van der Waals surface area contributed by atoms with E-state index in [9.17, 15) is 0 Å². The van der Waals surface area contributed by atoms with Gasteiger partial charge >= 0.3 is 0 Å². The Labute approximate surface area is 241 Å². The highest BCUT2D eigenvalue weighted by molar-refractivity contribution is 5.88. The van der Waals surface area contributed by atoms with Gasteiger partial charge < -0.3 is 4.90 Å². The van der Waals surface area contributed by atoms with Gasteiger partial charge in [-0.25, -0.2) is 0 Å². The summed E-state index contributed by atoms with van der Waals surface area (Å²) in [6.45, 7) is 0. The van der Waals surface area contributed by atoms with Crippen LogP contribution in [0.2, 0.25) is 0 Å². The second-order valence-corrected chi connectivity index (χ2v) is 10.3. The molecule has 194 valence electrons. The quantitative estimate of drug-likeness (QED) is 0.209. The van der Waals surface area contributed by atoms with Crippen LogP contribution in [-0.4, -0.2) is 0 Å². The topological polar surface area (TPSA) is 3.24 Å². The van der Waals surface area contributed by atoms with Crippen LogP contribution in [0.4, 0.5) is 17.1 Å². The molecule has 0 aliphatic heterocycles. The van der Waals surface area contributed by atoms with Crippen molar-refractivity contribution in [1.29, 1.82) is 0 Å². The van der Waals surface area contributed by atoms with Gasteiger partial charge in [0.05, 0.1) is 0 Å². The third-order valence-corrected chi connectivity index (χ3v) is 7.63. The van der Waals surface area contributed by atoms with Crippen LogP contribution >= 0.6 is 0 Å². The molecule has 0 fully saturated rings. The lowest BCUT2D eigenvalue weighted by Crippen LogP contribution is -2.10. The summed E-state index contributed by atoms with van der Waals surface area (Å²) in [5.41, 5.74) is 10.6. The highest BCUT2D eigenvalue weighted by Crippen LogP contribution is 2.38. The van der Waals surface area contributed by atoms with Gasteiger partial charge in [-0.15, -0.1) is 0 Å². The van der Waals surface area contributed by atoms with Gasteiger partial charge in [-0.05, 0) is 86.6 Å². The maximum Gasteiger partial charge on any atom is 0.0467 e. The number of nitrogens with zero attached hydrogens (tertiary/aromatic N) is 1. The van der Waals surface area contributed by atoms with E-state index in [2.05, 4.69) is 181 Å². The van der Waals surface area contributed by atoms with E-state index in [-0.39, 0.29) is 0 Å². The Bertz CT molecular complexity index is 1920. The summed E-state index contributed by atoms with van der Waals surface area (Å²) in [6, 6.07) is 62.9. The molecule has 0 atom stereocenters. The van der Waals surface area contributed by atoms with Crippen molar-refractivity contribution in [3.63, 3.8) is 0 Å². The van der Waals surface area contributed by atoms with Crippen LogP contribution in [0, 0.1) is 0 Å². The number of hydrogen-bond donors (Lipinski definition) is 0. The van der Waals surface area contributed by atoms with Gasteiger partial charge in [-0.2, -0.15) is 0 Å². The Morgan fingerprint density at radius 1 is 0.244 bits per heavy atom. The van der Waals surface area contributed by atoms with E-state index in [1.807, 2.05) is 0 Å². The van der Waals surface area contributed by atoms with Crippen LogP contribution in [0.3, 0.4) is 0 Å². The maximum atomic E-state index is 2.34. The van der Waals surface area contributed by atoms with Crippen molar-refractivity contribution in [2.24, 2.45) is 0 Å². The Kier molecular flexibility index (Phi) is 6.61. The van der Waals surface area contributed by atoms with Crippen LogP contribution in [-0.2, 0) is 0 Å². The first-order valence-electron chi connectivity index (χ1n) is 14.0. The fourth-order valence-corrected chi connectivity index (χ4v) is 5.53. The molecule has 0 aliphatic carbocycles. The Morgan fingerprint density at radius 3 is 1.32 bits per heavy atom. The highest BCUT2D eigenvalue weighted by atomic mass is 15.1. The molecule has 0 aromatic heterocycles. The predicted molar refractivity (Wildman–Crippen MR) is 175 cm³/mol. The fraction of sp³-hybridized carbons (Fsp3) is 0. The first-order valence-corrected chi connectivity index (χ1v) is 14.0. The van der Waals surface area contributed by atoms with E-state index in [0.29, 0.717) is 0 Å². The van der Waals surface area contributed by atoms with Gasteiger partial charge in [0, 0.05) is 17.1 Å². The van der Waals surface area contributed by atoms with Crippen LogP contribution in [0.15, 0.2) is 176 Å². The second-order valence-electron chi connectivity index (χ2n) is 10.3. The minimum absolute atomic E-state index is 1.12. The molecule has 1 nitrogen and oxygen atoms in total. The van der Waals surface area contributed by atoms with Crippen molar-refractivity contribution in [3.8, 4) is 33.4 Å². The summed E-state index contributed by atoms with van der Waals surface area (Å²) in [5.74, 6) is 0. The molecule has 0 saturated heterocycles. The zero-order chi connectivity index (χ0) is 27.4. The first kappa shape index (κ1) is 24.6. The molecular weight excluding hydrogens is 494 g/mol. The normalized spacial score (nSPS) is 10.9. The molecule has 0 spiro atoms. The van der Waals surface area contributed by atoms with Gasteiger partial charge in [0.2, 0.25) is 0 Å². The summed E-state index contributed by atoms with van der Waals surface area (Å²) in [4.78, 5) is 2.34. The summed E-state index contributed by atoms with van der Waals surface area (Å²) < 4.78 is 0. The Hall–Kier alpha value is -5.40. The van der Waals surface area contributed by atoms with Crippen molar-refractivity contribution in [1.82, 2.24) is 0 Å². The first-order chi connectivity index (χ1) is 20.3. The van der Waals surface area contributed by atoms with Gasteiger partial charge in [-0.1, -0.05) is 133 Å². The Morgan fingerprint density at radius 2 is 0.659 bits per heavy atom. The van der Waals surface area contributed by atoms with Crippen molar-refractivity contribution in [2.75, 3.05) is 4.90 Å². The summed E-state index contributed by atoms with van der Waals surface area (Å²) >= 11 is 0. The van der Waals surface area contributed by atoms with Crippen molar-refractivity contribution in [3.05, 3.63) is 176 Å². The van der Waals surface area contributed by atoms with Crippen molar-refractivity contribution < 1.29 is 0 Å². The second kappa shape index (κ2) is 11.0. The van der Waals surface area contributed by atoms with E-state index in [1.54, 1.807) is 0 Å². The van der Waals surface area contributed by atoms with E-state index < -0.39 is 0 Å². The van der Waals surface area contributed by atoms with Crippen LogP contribution in [0.5, 0.6) is 0 Å². The molecule has 7 aromatic rings. The number of rotatable bonds is 6. The third kappa shape index (κ3) is 5.14. The highest BCUT2D eigenvalue weighted by Gasteiger charge is 2.14. The van der Waals surface area contributed by atoms with E-state index in [4.69, 9.17) is 0 Å². The number of hydrogen-bond acceptors (Lipinski definition) is 1. The average molecular weight is 524 g/mol. The van der Waals surface area contributed by atoms with Crippen LogP contribution in [0.25, 0.3) is 44.2 Å². The van der Waals surface area contributed by atoms with Gasteiger partial charge in [-0.3, -0.25) is 0 Å². The van der Waals surface area contributed by atoms with E-state index >= 15 is 0 Å². The molecule has 0 unspecified atom stereocenters. The molecule has 0 bridgehead atoms. The third-order valence-electron chi connectivity index (χ3n) is 7.63. The molecule has 1 heteroatoms. The van der Waals surface area contributed by atoms with E-state index in [0.717, 1.165) is 17.1 Å². The maximum absolute atomic E-state index is 2.34. The summed E-state index contributed by atoms with van der Waals surface area (Å²) in [6.07, 6.45) is 0. The Balaban J connectivity index is 1.28. The lowest BCUT2D eigenvalue weighted by molar-refractivity contribution is 1.28. The fourth-order valence-electron chi connectivity index (χ4n) is 5.53. The molecule has 0 N–H and O–H groups in total. The SMILES string of the molecule is c1ccc(-c2ccc(-c3cccc(N(c4ccccc4)c4cccc(-c5ccc6ccccc6c5)c4)c3)cc2)cc1. The molecule has 0 aliphatic rings. The molecular formula is C40H29N. The smallest absolute Gasteiger partial charge is 0.0467 e. The predicted octanol–water partition coefficient (Wildman–Crippen LogP) is 11.3. The van der Waals surface area contributed by atoms with Crippen molar-refractivity contribution >= 4 is 27.8 Å². The van der Waals surface area contributed by atoms with Crippen LogP contribution in [0.1, 0.15) is 0 Å². The average Bonchev–Trinajstić information content (AvgIpc) is 3.06. The number of fused-ring (bicyclic) bond motifs is 1. The molecule has 0 radical (unpaired) electrons. The number of para-hydroxylation sites is 1. The lowest BCUT2D eigenvalue weighted by atomic mass is 9.99. The molecule has 7 rings (SSSR count). The van der Waals surface area contributed by atoms with Crippen LogP contribution < -0.4 is 4.90 Å². The zero-order valence-electron chi connectivity index (χ0n) is 22.7. The minimum atomic E-state index is 1.12. The minimum Gasteiger partial charge on any atom is -0.310 e. The standard InChI is InChI=1S/C40H29N/c1-3-11-30(12-4-1)32-21-23-33(24-22-32)35-15-9-19-39(28-35)41(38-17-5-2-6-18-38)40-20-10-16-36(29-40)37-26-25-31-13-7-8-14-34(31)27-37/h1-29H.